The zero-order valence-corrected chi connectivity index (χ0v) is 5.82. The van der Waals surface area contributed by atoms with Crippen molar-refractivity contribution in [2.75, 3.05) is 0 Å². The highest BCUT2D eigenvalue weighted by atomic mass is 16.6. The second-order valence-electron chi connectivity index (χ2n) is 2.46. The first kappa shape index (κ1) is 6.33. The van der Waals surface area contributed by atoms with Gasteiger partial charge in [0.1, 0.15) is 11.4 Å². The van der Waals surface area contributed by atoms with Crippen molar-refractivity contribution in [1.29, 1.82) is 0 Å². The van der Waals surface area contributed by atoms with Gasteiger partial charge >= 0.3 is 0 Å². The molecule has 0 radical (unpaired) electrons. The van der Waals surface area contributed by atoms with Crippen molar-refractivity contribution in [2.45, 2.75) is 19.3 Å². The van der Waals surface area contributed by atoms with Gasteiger partial charge in [-0.15, -0.1) is 0 Å². The predicted molar refractivity (Wildman–Crippen MR) is 35.6 cm³/mol. The average Bonchev–Trinajstić information content (AvgIpc) is 2.50. The molecule has 0 saturated carbocycles. The molecular formula is C6H7N3O2. The Morgan fingerprint density at radius 2 is 2.27 bits per heavy atom. The fourth-order valence-corrected chi connectivity index (χ4v) is 1.23. The van der Waals surface area contributed by atoms with Crippen molar-refractivity contribution in [2.24, 2.45) is 5.16 Å². The average molecular weight is 153 g/mol. The number of aromatic nitrogens is 2. The summed E-state index contributed by atoms with van der Waals surface area (Å²) in [5.41, 5.74) is 1.98. The highest BCUT2D eigenvalue weighted by molar-refractivity contribution is 5.99. The Morgan fingerprint density at radius 1 is 1.36 bits per heavy atom. The molecule has 1 aromatic rings. The van der Waals surface area contributed by atoms with Gasteiger partial charge in [-0.2, -0.15) is 0 Å². The maximum atomic E-state index is 8.53. The van der Waals surface area contributed by atoms with Gasteiger partial charge in [0.2, 0.25) is 0 Å². The molecule has 2 rings (SSSR count). The molecule has 0 saturated heterocycles. The molecule has 1 aromatic heterocycles. The molecule has 0 unspecified atom stereocenters. The van der Waals surface area contributed by atoms with E-state index in [4.69, 9.17) is 5.21 Å². The first-order chi connectivity index (χ1) is 5.42. The fourth-order valence-electron chi connectivity index (χ4n) is 1.23. The molecule has 58 valence electrons. The molecule has 1 aliphatic carbocycles. The molecule has 1 N–H and O–H groups in total. The quantitative estimate of drug-likeness (QED) is 0.437. The number of hydrogen-bond acceptors (Lipinski definition) is 5. The van der Waals surface area contributed by atoms with Crippen LogP contribution >= 0.6 is 0 Å². The van der Waals surface area contributed by atoms with Crippen LogP contribution in [-0.2, 0) is 6.42 Å². The topological polar surface area (TPSA) is 71.5 Å². The first-order valence-electron chi connectivity index (χ1n) is 3.44. The van der Waals surface area contributed by atoms with Crippen molar-refractivity contribution in [1.82, 2.24) is 10.3 Å². The lowest BCUT2D eigenvalue weighted by Gasteiger charge is -2.06. The summed E-state index contributed by atoms with van der Waals surface area (Å²) in [4.78, 5) is 0. The standard InChI is InChI=1S/C6H7N3O2/c10-7-4-2-1-3-5-6(4)9-11-8-5/h10H,1-3H2/b7-4-. The summed E-state index contributed by atoms with van der Waals surface area (Å²) in [5, 5.41) is 19.0. The molecule has 1 aliphatic rings. The minimum atomic E-state index is 0.576. The Kier molecular flexibility index (Phi) is 1.34. The molecule has 1 heterocycles. The zero-order chi connectivity index (χ0) is 7.68. The second-order valence-corrected chi connectivity index (χ2v) is 2.46. The van der Waals surface area contributed by atoms with Gasteiger partial charge in [0.05, 0.1) is 0 Å². The molecule has 0 atom stereocenters. The summed E-state index contributed by atoms with van der Waals surface area (Å²) < 4.78 is 4.51. The van der Waals surface area contributed by atoms with Crippen LogP contribution in [0.5, 0.6) is 0 Å². The van der Waals surface area contributed by atoms with Crippen molar-refractivity contribution in [3.05, 3.63) is 11.4 Å². The molecule has 0 amide bonds. The highest BCUT2D eigenvalue weighted by Crippen LogP contribution is 2.17. The summed E-state index contributed by atoms with van der Waals surface area (Å²) in [6, 6.07) is 0. The predicted octanol–water partition coefficient (Wildman–Crippen LogP) is 0.584. The molecule has 0 aliphatic heterocycles. The van der Waals surface area contributed by atoms with Gasteiger partial charge in [0.15, 0.2) is 5.69 Å². The monoisotopic (exact) mass is 153 g/mol. The van der Waals surface area contributed by atoms with Crippen LogP contribution in [0.3, 0.4) is 0 Å². The largest absolute Gasteiger partial charge is 0.411 e. The van der Waals surface area contributed by atoms with Crippen LogP contribution in [0.4, 0.5) is 0 Å². The first-order valence-corrected chi connectivity index (χ1v) is 3.44. The Hall–Kier alpha value is -1.39. The minimum Gasteiger partial charge on any atom is -0.411 e. The second kappa shape index (κ2) is 2.34. The Morgan fingerprint density at radius 3 is 3.09 bits per heavy atom. The van der Waals surface area contributed by atoms with E-state index in [1.54, 1.807) is 0 Å². The fraction of sp³-hybridized carbons (Fsp3) is 0.500. The third kappa shape index (κ3) is 0.886. The summed E-state index contributed by atoms with van der Waals surface area (Å²) in [6.07, 6.45) is 2.55. The van der Waals surface area contributed by atoms with E-state index in [-0.39, 0.29) is 0 Å². The lowest BCUT2D eigenvalue weighted by molar-refractivity contribution is 0.301. The van der Waals surface area contributed by atoms with Gasteiger partial charge in [-0.3, -0.25) is 0 Å². The van der Waals surface area contributed by atoms with Crippen LogP contribution in [0.2, 0.25) is 0 Å². The third-order valence-electron chi connectivity index (χ3n) is 1.78. The van der Waals surface area contributed by atoms with Crippen LogP contribution in [0.15, 0.2) is 9.78 Å². The van der Waals surface area contributed by atoms with Crippen LogP contribution in [-0.4, -0.2) is 21.2 Å². The molecular weight excluding hydrogens is 146 g/mol. The number of aryl methyl sites for hydroxylation is 1. The van der Waals surface area contributed by atoms with E-state index < -0.39 is 0 Å². The number of hydrogen-bond donors (Lipinski definition) is 1. The Bertz CT molecular complexity index is 292. The molecule has 5 nitrogen and oxygen atoms in total. The maximum absolute atomic E-state index is 8.53. The van der Waals surface area contributed by atoms with Gasteiger partial charge < -0.3 is 5.21 Å². The summed E-state index contributed by atoms with van der Waals surface area (Å²) in [5.74, 6) is 0. The summed E-state index contributed by atoms with van der Waals surface area (Å²) in [7, 11) is 0. The molecule has 0 bridgehead atoms. The lowest BCUT2D eigenvalue weighted by Crippen LogP contribution is -2.11. The van der Waals surface area contributed by atoms with Gasteiger partial charge in [-0.05, 0) is 24.4 Å². The van der Waals surface area contributed by atoms with E-state index in [2.05, 4.69) is 20.1 Å². The van der Waals surface area contributed by atoms with Gasteiger partial charge in [-0.1, -0.05) is 10.3 Å². The Balaban J connectivity index is 2.48. The molecule has 0 fully saturated rings. The maximum Gasteiger partial charge on any atom is 0.155 e. The van der Waals surface area contributed by atoms with Crippen molar-refractivity contribution in [3.8, 4) is 0 Å². The van der Waals surface area contributed by atoms with Crippen molar-refractivity contribution >= 4 is 5.71 Å². The molecule has 11 heavy (non-hydrogen) atoms. The van der Waals surface area contributed by atoms with Crippen LogP contribution < -0.4 is 0 Å². The van der Waals surface area contributed by atoms with Gasteiger partial charge in [-0.25, -0.2) is 4.63 Å². The zero-order valence-electron chi connectivity index (χ0n) is 5.82. The van der Waals surface area contributed by atoms with E-state index in [0.717, 1.165) is 25.0 Å². The van der Waals surface area contributed by atoms with E-state index in [1.807, 2.05) is 0 Å². The minimum absolute atomic E-state index is 0.576. The van der Waals surface area contributed by atoms with Crippen LogP contribution in [0, 0.1) is 0 Å². The van der Waals surface area contributed by atoms with Crippen molar-refractivity contribution in [3.63, 3.8) is 0 Å². The normalized spacial score (nSPS) is 20.2. The SMILES string of the molecule is O/N=C1/CCCc2nonc21. The van der Waals surface area contributed by atoms with Gasteiger partial charge in [0.25, 0.3) is 0 Å². The van der Waals surface area contributed by atoms with Crippen molar-refractivity contribution < 1.29 is 9.84 Å². The summed E-state index contributed by atoms with van der Waals surface area (Å²) >= 11 is 0. The van der Waals surface area contributed by atoms with E-state index in [1.165, 1.54) is 0 Å². The highest BCUT2D eigenvalue weighted by Gasteiger charge is 2.21. The smallest absolute Gasteiger partial charge is 0.155 e. The third-order valence-corrected chi connectivity index (χ3v) is 1.78. The number of nitrogens with zero attached hydrogens (tertiary/aromatic N) is 3. The molecule has 5 heteroatoms. The lowest BCUT2D eigenvalue weighted by atomic mass is 9.99. The van der Waals surface area contributed by atoms with E-state index >= 15 is 0 Å². The van der Waals surface area contributed by atoms with Crippen LogP contribution in [0.1, 0.15) is 24.2 Å². The number of rotatable bonds is 0. The molecule has 0 spiro atoms. The number of fused-ring (bicyclic) bond motifs is 1. The molecule has 0 aromatic carbocycles. The van der Waals surface area contributed by atoms with Crippen LogP contribution in [0.25, 0.3) is 0 Å². The van der Waals surface area contributed by atoms with E-state index in [0.29, 0.717) is 11.4 Å². The summed E-state index contributed by atoms with van der Waals surface area (Å²) in [6.45, 7) is 0. The van der Waals surface area contributed by atoms with Gasteiger partial charge in [0, 0.05) is 0 Å². The number of oxime groups is 1. The Labute approximate surface area is 62.7 Å². The van der Waals surface area contributed by atoms with E-state index in [9.17, 15) is 0 Å².